The molecular weight excluding hydrogens is 375 g/mol. The summed E-state index contributed by atoms with van der Waals surface area (Å²) in [6, 6.07) is 8.63. The summed E-state index contributed by atoms with van der Waals surface area (Å²) < 4.78 is 33.2. The second-order valence-electron chi connectivity index (χ2n) is 6.69. The second kappa shape index (κ2) is 7.05. The number of fused-ring (bicyclic) bond motifs is 2. The number of benzene rings is 1. The quantitative estimate of drug-likeness (QED) is 0.530. The molecule has 3 aromatic heterocycles. The third-order valence-corrected chi connectivity index (χ3v) is 4.81. The number of rotatable bonds is 4. The van der Waals surface area contributed by atoms with Crippen LogP contribution in [0.5, 0.6) is 17.4 Å². The highest BCUT2D eigenvalue weighted by molar-refractivity contribution is 5.51. The van der Waals surface area contributed by atoms with Crippen molar-refractivity contribution in [1.29, 1.82) is 0 Å². The maximum absolute atomic E-state index is 14.8. The molecule has 5 rings (SSSR count). The third kappa shape index (κ3) is 3.22. The summed E-state index contributed by atoms with van der Waals surface area (Å²) in [4.78, 5) is 8.51. The van der Waals surface area contributed by atoms with E-state index in [1.165, 1.54) is 6.07 Å². The first kappa shape index (κ1) is 17.4. The number of halogens is 1. The zero-order valence-electron chi connectivity index (χ0n) is 15.6. The normalized spacial score (nSPS) is 15.4. The minimum atomic E-state index is -0.465. The molecule has 0 N–H and O–H groups in total. The Morgan fingerprint density at radius 2 is 2.17 bits per heavy atom. The van der Waals surface area contributed by atoms with Crippen molar-refractivity contribution in [2.75, 3.05) is 13.7 Å². The van der Waals surface area contributed by atoms with Gasteiger partial charge in [-0.15, -0.1) is 0 Å². The van der Waals surface area contributed by atoms with Gasteiger partial charge in [-0.05, 0) is 29.8 Å². The van der Waals surface area contributed by atoms with E-state index in [0.717, 1.165) is 22.3 Å². The van der Waals surface area contributed by atoms with Crippen LogP contribution in [0.4, 0.5) is 4.39 Å². The monoisotopic (exact) mass is 392 g/mol. The number of ether oxygens (including phenoxy) is 3. The lowest BCUT2D eigenvalue weighted by Crippen LogP contribution is -2.22. The molecule has 0 fully saturated rings. The van der Waals surface area contributed by atoms with Gasteiger partial charge in [-0.2, -0.15) is 5.10 Å². The molecule has 7 nitrogen and oxygen atoms in total. The molecule has 146 valence electrons. The standard InChI is InChI=1S/C21H17FN4O3/c1-27-19-4-3-14(10-24-19)18-12-28-17-9-13(8-16(22)20(17)29-18)7-15-11-25-26-6-2-5-23-21(15)26/h2-6,8-11,18H,7,12H2,1H3. The van der Waals surface area contributed by atoms with Crippen molar-refractivity contribution in [3.8, 4) is 17.4 Å². The molecule has 0 radical (unpaired) electrons. The van der Waals surface area contributed by atoms with Crippen molar-refractivity contribution in [2.24, 2.45) is 0 Å². The molecule has 0 spiro atoms. The highest BCUT2D eigenvalue weighted by Crippen LogP contribution is 2.39. The van der Waals surface area contributed by atoms with Gasteiger partial charge >= 0.3 is 0 Å². The molecule has 4 aromatic rings. The van der Waals surface area contributed by atoms with Crippen molar-refractivity contribution >= 4 is 5.65 Å². The Balaban J connectivity index is 1.40. The number of methoxy groups -OCH3 is 1. The summed E-state index contributed by atoms with van der Waals surface area (Å²) >= 11 is 0. The van der Waals surface area contributed by atoms with Crippen molar-refractivity contribution in [3.63, 3.8) is 0 Å². The third-order valence-electron chi connectivity index (χ3n) is 4.81. The molecule has 0 aliphatic carbocycles. The summed E-state index contributed by atoms with van der Waals surface area (Å²) in [7, 11) is 1.55. The van der Waals surface area contributed by atoms with Crippen LogP contribution in [-0.4, -0.2) is 33.3 Å². The lowest BCUT2D eigenvalue weighted by Gasteiger charge is -2.27. The van der Waals surface area contributed by atoms with Crippen LogP contribution in [0.3, 0.4) is 0 Å². The fourth-order valence-corrected chi connectivity index (χ4v) is 3.38. The number of hydrogen-bond acceptors (Lipinski definition) is 6. The summed E-state index contributed by atoms with van der Waals surface area (Å²) in [5.74, 6) is 0.540. The van der Waals surface area contributed by atoms with Gasteiger partial charge in [-0.3, -0.25) is 0 Å². The molecule has 0 bridgehead atoms. The Labute approximate surface area is 165 Å². The fraction of sp³-hybridized carbons (Fsp3) is 0.190. The number of pyridine rings is 1. The van der Waals surface area contributed by atoms with E-state index in [2.05, 4.69) is 15.1 Å². The summed E-state index contributed by atoms with van der Waals surface area (Å²) in [6.45, 7) is 0.266. The topological polar surface area (TPSA) is 70.8 Å². The van der Waals surface area contributed by atoms with Gasteiger partial charge in [-0.25, -0.2) is 18.9 Å². The first-order chi connectivity index (χ1) is 14.2. The lowest BCUT2D eigenvalue weighted by atomic mass is 10.1. The largest absolute Gasteiger partial charge is 0.485 e. The number of aromatic nitrogens is 4. The van der Waals surface area contributed by atoms with Crippen LogP contribution in [-0.2, 0) is 6.42 Å². The fourth-order valence-electron chi connectivity index (χ4n) is 3.38. The van der Waals surface area contributed by atoms with Crippen LogP contribution >= 0.6 is 0 Å². The van der Waals surface area contributed by atoms with Crippen LogP contribution in [0.1, 0.15) is 22.8 Å². The highest BCUT2D eigenvalue weighted by Gasteiger charge is 2.26. The van der Waals surface area contributed by atoms with Crippen molar-refractivity contribution in [1.82, 2.24) is 19.6 Å². The summed E-state index contributed by atoms with van der Waals surface area (Å²) in [5, 5.41) is 4.27. The maximum Gasteiger partial charge on any atom is 0.212 e. The molecule has 29 heavy (non-hydrogen) atoms. The van der Waals surface area contributed by atoms with E-state index in [1.54, 1.807) is 42.3 Å². The molecule has 0 amide bonds. The first-order valence-electron chi connectivity index (χ1n) is 9.10. The molecule has 8 heteroatoms. The van der Waals surface area contributed by atoms with Crippen LogP contribution in [0.15, 0.2) is 55.1 Å². The van der Waals surface area contributed by atoms with Gasteiger partial charge in [-0.1, -0.05) is 0 Å². The summed E-state index contributed by atoms with van der Waals surface area (Å²) in [5.41, 5.74) is 3.20. The van der Waals surface area contributed by atoms with Crippen LogP contribution in [0, 0.1) is 5.82 Å². The van der Waals surface area contributed by atoms with Gasteiger partial charge < -0.3 is 14.2 Å². The minimum Gasteiger partial charge on any atom is -0.485 e. The smallest absolute Gasteiger partial charge is 0.212 e. The van der Waals surface area contributed by atoms with Gasteiger partial charge in [0.15, 0.2) is 29.1 Å². The maximum atomic E-state index is 14.8. The molecule has 1 atom stereocenters. The number of nitrogens with zero attached hydrogens (tertiary/aromatic N) is 4. The van der Waals surface area contributed by atoms with Gasteiger partial charge in [0.2, 0.25) is 5.88 Å². The van der Waals surface area contributed by atoms with Gasteiger partial charge in [0.1, 0.15) is 6.61 Å². The average Bonchev–Trinajstić information content (AvgIpc) is 3.16. The van der Waals surface area contributed by atoms with E-state index in [9.17, 15) is 4.39 Å². The van der Waals surface area contributed by atoms with E-state index in [4.69, 9.17) is 14.2 Å². The Morgan fingerprint density at radius 3 is 3.00 bits per heavy atom. The van der Waals surface area contributed by atoms with Gasteiger partial charge in [0, 0.05) is 42.2 Å². The molecule has 1 aliphatic heterocycles. The van der Waals surface area contributed by atoms with Crippen LogP contribution in [0.25, 0.3) is 5.65 Å². The van der Waals surface area contributed by atoms with Crippen LogP contribution in [0.2, 0.25) is 0 Å². The predicted octanol–water partition coefficient (Wildman–Crippen LogP) is 3.38. The predicted molar refractivity (Wildman–Crippen MR) is 102 cm³/mol. The minimum absolute atomic E-state index is 0.110. The Hall–Kier alpha value is -3.68. The molecule has 0 saturated heterocycles. The van der Waals surface area contributed by atoms with E-state index in [-0.39, 0.29) is 12.4 Å². The van der Waals surface area contributed by atoms with Crippen molar-refractivity contribution in [3.05, 3.63) is 77.6 Å². The average molecular weight is 392 g/mol. The van der Waals surface area contributed by atoms with Gasteiger partial charge in [0.05, 0.1) is 13.3 Å². The Morgan fingerprint density at radius 1 is 1.24 bits per heavy atom. The van der Waals surface area contributed by atoms with Crippen molar-refractivity contribution < 1.29 is 18.6 Å². The van der Waals surface area contributed by atoms with E-state index in [0.29, 0.717) is 18.1 Å². The van der Waals surface area contributed by atoms with Gasteiger partial charge in [0.25, 0.3) is 0 Å². The van der Waals surface area contributed by atoms with E-state index in [1.807, 2.05) is 18.3 Å². The Kier molecular flexibility index (Phi) is 4.23. The lowest BCUT2D eigenvalue weighted by molar-refractivity contribution is 0.0853. The number of hydrogen-bond donors (Lipinski definition) is 0. The molecular formula is C21H17FN4O3. The van der Waals surface area contributed by atoms with E-state index < -0.39 is 11.9 Å². The summed E-state index contributed by atoms with van der Waals surface area (Å²) in [6.07, 6.45) is 6.96. The highest BCUT2D eigenvalue weighted by atomic mass is 19.1. The zero-order valence-corrected chi connectivity index (χ0v) is 15.6. The molecule has 1 aromatic carbocycles. The second-order valence-corrected chi connectivity index (χ2v) is 6.69. The van der Waals surface area contributed by atoms with E-state index >= 15 is 0 Å². The van der Waals surface area contributed by atoms with Crippen molar-refractivity contribution in [2.45, 2.75) is 12.5 Å². The van der Waals surface area contributed by atoms with Crippen LogP contribution < -0.4 is 14.2 Å². The Bertz CT molecular complexity index is 1180. The molecule has 4 heterocycles. The molecule has 0 saturated carbocycles. The molecule has 1 unspecified atom stereocenters. The SMILES string of the molecule is COc1ccc(C2COc3cc(Cc4cnn5cccnc45)cc(F)c3O2)cn1. The molecule has 1 aliphatic rings. The zero-order chi connectivity index (χ0) is 19.8. The first-order valence-corrected chi connectivity index (χ1v) is 9.10.